The average Bonchev–Trinajstić information content (AvgIpc) is 1.77. The quantitative estimate of drug-likeness (QED) is 0.0229. The van der Waals surface area contributed by atoms with Crippen molar-refractivity contribution in [1.29, 1.82) is 0 Å². The Labute approximate surface area is 616 Å². The molecule has 1 fully saturated rings. The van der Waals surface area contributed by atoms with Crippen molar-refractivity contribution in [3.05, 3.63) is 77.9 Å². The third-order valence-electron chi connectivity index (χ3n) is 19.0. The lowest BCUT2D eigenvalue weighted by Gasteiger charge is -2.41. The number of nitrogens with zero attached hydrogens (tertiary/aromatic N) is 5. The summed E-state index contributed by atoms with van der Waals surface area (Å²) in [6, 6.07) is 6.86. The molecule has 1 saturated heterocycles. The van der Waals surface area contributed by atoms with Crippen LogP contribution in [-0.2, 0) is 73.3 Å². The molecule has 2 aliphatic heterocycles. The van der Waals surface area contributed by atoms with Crippen molar-refractivity contribution in [2.24, 2.45) is 41.2 Å². The molecule has 32 heteroatoms. The smallest absolute Gasteiger partial charge is 0.410 e. The van der Waals surface area contributed by atoms with Gasteiger partial charge >= 0.3 is 25.8 Å². The molecule has 2 heterocycles. The van der Waals surface area contributed by atoms with E-state index in [9.17, 15) is 77.0 Å². The number of benzene rings is 2. The fraction of sp³-hybridized carbons (Fsp3) is 0.644. The number of likely N-dealkylation sites (tertiary alicyclic amines) is 1. The summed E-state index contributed by atoms with van der Waals surface area (Å²) in [7, 11) is 1.33. The lowest BCUT2D eigenvalue weighted by molar-refractivity contribution is -0.149. The van der Waals surface area contributed by atoms with Crippen LogP contribution in [0.4, 0.5) is 20.1 Å². The second kappa shape index (κ2) is 41.0. The molecule has 0 bridgehead atoms. The molecule has 105 heavy (non-hydrogen) atoms. The Morgan fingerprint density at radius 2 is 1.37 bits per heavy atom. The largest absolute Gasteiger partial charge is 0.445 e. The Kier molecular flexibility index (Phi) is 34.7. The molecule has 0 saturated carbocycles. The van der Waals surface area contributed by atoms with E-state index in [2.05, 4.69) is 26.6 Å². The summed E-state index contributed by atoms with van der Waals surface area (Å²) < 4.78 is 35.2. The molecule has 13 atom stereocenters. The SMILES string of the molecule is CC[C@H](C)[C@H]([C@@H](CC(=O)N1CCC[C@H]1[C@@H](OC)[C@@H](C)C(=O)N[C@@H](C)[C@H](O)c1ccccc1)OC)N(C)C(=O)[C@@H](CC(=O)[C@@H](C(C)C)N(C)C(=O)OCc1ccc(NC(=O)[C@H](CCCNC(N)=O)NC(=O)[C@@H](NC(=O)C(CN(CCP(=O)(O)O)C(=O)OC(C)(C)C)N2C(=O)C=CC2=O)C(C)C)cc1)C(C)C. The molecule has 0 aliphatic carbocycles. The van der Waals surface area contributed by atoms with Gasteiger partial charge in [0.2, 0.25) is 35.4 Å². The van der Waals surface area contributed by atoms with Gasteiger partial charge in [0.15, 0.2) is 5.78 Å². The van der Waals surface area contributed by atoms with Gasteiger partial charge in [-0.05, 0) is 100 Å². The Bertz CT molecular complexity index is 3370. The van der Waals surface area contributed by atoms with E-state index in [4.69, 9.17) is 24.7 Å². The van der Waals surface area contributed by atoms with Crippen LogP contribution in [-0.4, -0.2) is 231 Å². The number of carbonyl (C=O) groups is 12. The number of rotatable bonds is 40. The third kappa shape index (κ3) is 26.6. The number of anilines is 1. The Balaban J connectivity index is 1.46. The molecule has 2 aromatic carbocycles. The zero-order chi connectivity index (χ0) is 79.1. The van der Waals surface area contributed by atoms with E-state index in [0.29, 0.717) is 41.8 Å². The maximum atomic E-state index is 14.9. The van der Waals surface area contributed by atoms with Gasteiger partial charge in [-0.3, -0.25) is 52.6 Å². The van der Waals surface area contributed by atoms with E-state index in [1.165, 1.54) is 59.1 Å². The third-order valence-corrected chi connectivity index (χ3v) is 19.8. The van der Waals surface area contributed by atoms with Gasteiger partial charge in [0.25, 0.3) is 11.8 Å². The molecule has 0 spiro atoms. The maximum absolute atomic E-state index is 14.9. The van der Waals surface area contributed by atoms with Crippen LogP contribution in [0.3, 0.4) is 0 Å². The first-order valence-electron chi connectivity index (χ1n) is 35.8. The monoisotopic (exact) mass is 1500 g/mol. The molecular formula is C73H114N11O20P. The van der Waals surface area contributed by atoms with Crippen LogP contribution in [0.5, 0.6) is 0 Å². The first-order chi connectivity index (χ1) is 49.1. The molecule has 0 aromatic heterocycles. The van der Waals surface area contributed by atoms with E-state index in [0.717, 1.165) is 17.1 Å². The molecule has 2 aromatic rings. The van der Waals surface area contributed by atoms with Gasteiger partial charge in [0.05, 0.1) is 67.5 Å². The van der Waals surface area contributed by atoms with Crippen molar-refractivity contribution >= 4 is 84.5 Å². The first-order valence-corrected chi connectivity index (χ1v) is 37.6. The number of imide groups is 1. The normalized spacial score (nSPS) is 17.4. The highest BCUT2D eigenvalue weighted by atomic mass is 31.2. The number of nitrogens with two attached hydrogens (primary N) is 1. The number of ether oxygens (including phenoxy) is 4. The number of carbonyl (C=O) groups excluding carboxylic acids is 12. The second-order valence-corrected chi connectivity index (χ2v) is 31.0. The summed E-state index contributed by atoms with van der Waals surface area (Å²) in [4.78, 5) is 191. The van der Waals surface area contributed by atoms with Crippen molar-refractivity contribution in [3.8, 4) is 0 Å². The molecule has 10 N–H and O–H groups in total. The van der Waals surface area contributed by atoms with E-state index in [1.54, 1.807) is 82.7 Å². The molecule has 0 radical (unpaired) electrons. The van der Waals surface area contributed by atoms with Crippen LogP contribution in [0, 0.1) is 35.5 Å². The number of nitrogens with one attached hydrogen (secondary N) is 5. The van der Waals surface area contributed by atoms with E-state index in [1.807, 2.05) is 45.9 Å². The number of primary amides is 1. The van der Waals surface area contributed by atoms with Crippen LogP contribution >= 0.6 is 7.60 Å². The lowest BCUT2D eigenvalue weighted by Crippen LogP contribution is -2.61. The number of likely N-dealkylation sites (N-methyl/N-ethyl adjacent to an activating group) is 2. The number of urea groups is 1. The highest BCUT2D eigenvalue weighted by Crippen LogP contribution is 2.35. The average molecular weight is 1500 g/mol. The first kappa shape index (κ1) is 89.0. The number of methoxy groups -OCH3 is 2. The number of hydrogen-bond acceptors (Lipinski definition) is 18. The zero-order valence-electron chi connectivity index (χ0n) is 63.8. The number of aliphatic hydroxyl groups excluding tert-OH is 1. The van der Waals surface area contributed by atoms with Crippen LogP contribution in [0.2, 0.25) is 0 Å². The van der Waals surface area contributed by atoms with Crippen LogP contribution < -0.4 is 32.3 Å². The number of aliphatic hydroxyl groups is 1. The summed E-state index contributed by atoms with van der Waals surface area (Å²) in [5, 5.41) is 24.2. The van der Waals surface area contributed by atoms with Crippen molar-refractivity contribution < 1.29 is 95.9 Å². The highest BCUT2D eigenvalue weighted by molar-refractivity contribution is 7.51. The van der Waals surface area contributed by atoms with Gasteiger partial charge in [-0.25, -0.2) is 14.4 Å². The molecule has 12 amide bonds. The second-order valence-electron chi connectivity index (χ2n) is 29.2. The van der Waals surface area contributed by atoms with Gasteiger partial charge in [0.1, 0.15) is 30.3 Å². The summed E-state index contributed by atoms with van der Waals surface area (Å²) in [6.45, 7) is 20.9. The summed E-state index contributed by atoms with van der Waals surface area (Å²) in [6.07, 6.45) is -1.98. The maximum Gasteiger partial charge on any atom is 0.410 e. The summed E-state index contributed by atoms with van der Waals surface area (Å²) in [5.74, 6) is -9.28. The van der Waals surface area contributed by atoms with Crippen LogP contribution in [0.1, 0.15) is 152 Å². The molecule has 586 valence electrons. The van der Waals surface area contributed by atoms with Gasteiger partial charge in [-0.1, -0.05) is 111 Å². The molecule has 1 unspecified atom stereocenters. The fourth-order valence-electron chi connectivity index (χ4n) is 13.1. The predicted molar refractivity (Wildman–Crippen MR) is 390 cm³/mol. The van der Waals surface area contributed by atoms with Crippen molar-refractivity contribution in [2.45, 2.75) is 208 Å². The van der Waals surface area contributed by atoms with Crippen LogP contribution in [0.25, 0.3) is 0 Å². The molecule has 2 aliphatic rings. The minimum atomic E-state index is -4.76. The van der Waals surface area contributed by atoms with Crippen molar-refractivity contribution in [2.75, 3.05) is 66.0 Å². The zero-order valence-corrected chi connectivity index (χ0v) is 64.7. The predicted octanol–water partition coefficient (Wildman–Crippen LogP) is 5.39. The Morgan fingerprint density at radius 1 is 0.752 bits per heavy atom. The van der Waals surface area contributed by atoms with Crippen molar-refractivity contribution in [1.82, 2.24) is 45.8 Å². The van der Waals surface area contributed by atoms with E-state index in [-0.39, 0.29) is 79.9 Å². The van der Waals surface area contributed by atoms with E-state index < -0.39 is 164 Å². The standard InChI is InChI=1S/C73H114N11O20P/c1-18-45(8)62(56(101-16)39-59(88)83-35-23-27-53(83)64(102-17)46(9)65(90)76-47(10)63(89)49-24-20-19-21-25-49)80(14)69(94)51(42(2)3)38-55(85)61(44(6)7)81(15)71(96)103-41-48-28-30-50(31-29-48)77-66(91)52(26-22-34-75-70(74)95)78-68(93)60(43(4)5)79-67(92)54(84-57(86)32-33-58(84)87)40-82(36-37-105(98,99)100)72(97)104-73(11,12)13/h19-21,24-25,28-33,42-47,51-54,56,60-64,89H,18,22-23,26-27,34-41H2,1-17H3,(H,76,90)(H,77,91)(H,78,93)(H,79,92)(H3,74,75,95)(H2,98,99,100)/t45-,46+,47-,51-,52-,53-,54?,56+,60-,61+,62+,63-,64-/m0/s1. The Hall–Kier alpha value is -8.35. The topological polar surface area (TPSA) is 422 Å². The van der Waals surface area contributed by atoms with E-state index >= 15 is 0 Å². The van der Waals surface area contributed by atoms with Gasteiger partial charge in [-0.15, -0.1) is 0 Å². The van der Waals surface area contributed by atoms with Crippen LogP contribution in [0.15, 0.2) is 66.7 Å². The van der Waals surface area contributed by atoms with Gasteiger partial charge < -0.3 is 85.8 Å². The van der Waals surface area contributed by atoms with Crippen molar-refractivity contribution in [3.63, 3.8) is 0 Å². The molecular weight excluding hydrogens is 1380 g/mol. The minimum Gasteiger partial charge on any atom is -0.445 e. The summed E-state index contributed by atoms with van der Waals surface area (Å²) >= 11 is 0. The molecule has 31 nitrogen and oxygen atoms in total. The molecule has 4 rings (SSSR count). The van der Waals surface area contributed by atoms with Gasteiger partial charge in [0, 0.05) is 78.1 Å². The number of Topliss-reactive ketones (excluding diaryl/α,β-unsaturated/α-hetero) is 1. The number of ketones is 1. The Morgan fingerprint density at radius 3 is 1.90 bits per heavy atom. The lowest BCUT2D eigenvalue weighted by atomic mass is 9.83. The highest BCUT2D eigenvalue weighted by Gasteiger charge is 2.46. The van der Waals surface area contributed by atoms with Gasteiger partial charge in [-0.2, -0.15) is 0 Å². The fourth-order valence-corrected chi connectivity index (χ4v) is 13.6. The minimum absolute atomic E-state index is 0.0109. The number of hydrogen-bond donors (Lipinski definition) is 9. The summed E-state index contributed by atoms with van der Waals surface area (Å²) in [5.41, 5.74) is 5.48. The number of amides is 12.